The van der Waals surface area contributed by atoms with Gasteiger partial charge in [0.2, 0.25) is 10.0 Å². The Hall–Kier alpha value is -1.12. The molecular weight excluding hydrogens is 396 g/mol. The van der Waals surface area contributed by atoms with Crippen molar-refractivity contribution in [2.45, 2.75) is 38.2 Å². The van der Waals surface area contributed by atoms with E-state index < -0.39 is 15.6 Å². The molecule has 0 unspecified atom stereocenters. The van der Waals surface area contributed by atoms with Crippen LogP contribution < -0.4 is 4.72 Å². The third kappa shape index (κ3) is 5.19. The van der Waals surface area contributed by atoms with Gasteiger partial charge >= 0.3 is 6.09 Å². The molecule has 1 heterocycles. The number of carbonyl (C=O) groups is 1. The van der Waals surface area contributed by atoms with E-state index in [4.69, 9.17) is 4.74 Å². The Bertz CT molecular complexity index is 702. The van der Waals surface area contributed by atoms with Crippen molar-refractivity contribution >= 4 is 32.0 Å². The van der Waals surface area contributed by atoms with Gasteiger partial charge in [0.05, 0.1) is 4.90 Å². The third-order valence-electron chi connectivity index (χ3n) is 3.50. The van der Waals surface area contributed by atoms with Crippen molar-refractivity contribution in [2.75, 3.05) is 19.6 Å². The van der Waals surface area contributed by atoms with E-state index in [-0.39, 0.29) is 16.9 Å². The maximum absolute atomic E-state index is 12.3. The van der Waals surface area contributed by atoms with Crippen LogP contribution in [0.4, 0.5) is 4.79 Å². The summed E-state index contributed by atoms with van der Waals surface area (Å²) in [6, 6.07) is 5.05. The molecule has 0 atom stereocenters. The van der Waals surface area contributed by atoms with Gasteiger partial charge in [0.15, 0.2) is 0 Å². The summed E-state index contributed by atoms with van der Waals surface area (Å²) in [5, 5.41) is 0. The number of ether oxygens (including phenoxy) is 1. The number of likely N-dealkylation sites (tertiary alicyclic amines) is 1. The van der Waals surface area contributed by atoms with E-state index in [1.807, 2.05) is 33.8 Å². The molecule has 1 fully saturated rings. The molecule has 0 aliphatic carbocycles. The molecule has 1 aromatic carbocycles. The molecule has 0 bridgehead atoms. The first-order valence-electron chi connectivity index (χ1n) is 7.71. The summed E-state index contributed by atoms with van der Waals surface area (Å²) >= 11 is 3.31. The largest absolute Gasteiger partial charge is 0.444 e. The summed E-state index contributed by atoms with van der Waals surface area (Å²) in [6.45, 7) is 8.58. The van der Waals surface area contributed by atoms with Crippen molar-refractivity contribution in [3.05, 3.63) is 28.2 Å². The summed E-state index contributed by atoms with van der Waals surface area (Å²) < 4.78 is 33.3. The second-order valence-corrected chi connectivity index (χ2v) is 9.75. The minimum atomic E-state index is -3.56. The molecule has 1 amide bonds. The average molecular weight is 419 g/mol. The first-order chi connectivity index (χ1) is 11.0. The van der Waals surface area contributed by atoms with Crippen LogP contribution in [0.25, 0.3) is 0 Å². The zero-order valence-corrected chi connectivity index (χ0v) is 16.7. The molecule has 1 saturated heterocycles. The lowest BCUT2D eigenvalue weighted by atomic mass is 10.0. The quantitative estimate of drug-likeness (QED) is 0.815. The zero-order valence-electron chi connectivity index (χ0n) is 14.3. The molecule has 0 spiro atoms. The summed E-state index contributed by atoms with van der Waals surface area (Å²) in [7, 11) is -3.56. The van der Waals surface area contributed by atoms with E-state index in [1.54, 1.807) is 17.0 Å². The normalized spacial score (nSPS) is 16.0. The summed E-state index contributed by atoms with van der Waals surface area (Å²) in [4.78, 5) is 13.7. The van der Waals surface area contributed by atoms with Crippen LogP contribution in [-0.4, -0.2) is 44.6 Å². The SMILES string of the molecule is Cc1cc(Br)cc(S(=O)(=O)NCC2CN(C(=O)OC(C)(C)C)C2)c1. The molecule has 1 aliphatic rings. The number of carbonyl (C=O) groups excluding carboxylic acids is 1. The van der Waals surface area contributed by atoms with Gasteiger partial charge < -0.3 is 9.64 Å². The number of nitrogens with zero attached hydrogens (tertiary/aromatic N) is 1. The molecule has 2 rings (SSSR count). The van der Waals surface area contributed by atoms with Gasteiger partial charge in [-0.3, -0.25) is 0 Å². The fraction of sp³-hybridized carbons (Fsp3) is 0.562. The second kappa shape index (κ2) is 7.01. The Morgan fingerprint density at radius 1 is 1.33 bits per heavy atom. The van der Waals surface area contributed by atoms with Gasteiger partial charge in [-0.15, -0.1) is 0 Å². The standard InChI is InChI=1S/C16H23BrN2O4S/c1-11-5-13(17)7-14(6-11)24(21,22)18-8-12-9-19(10-12)15(20)23-16(2,3)4/h5-7,12,18H,8-10H2,1-4H3. The zero-order chi connectivity index (χ0) is 18.1. The van der Waals surface area contributed by atoms with Crippen molar-refractivity contribution in [3.63, 3.8) is 0 Å². The highest BCUT2D eigenvalue weighted by Gasteiger charge is 2.34. The van der Waals surface area contributed by atoms with Crippen LogP contribution in [0.2, 0.25) is 0 Å². The molecule has 0 radical (unpaired) electrons. The predicted molar refractivity (Wildman–Crippen MR) is 95.4 cm³/mol. The van der Waals surface area contributed by atoms with Gasteiger partial charge in [-0.1, -0.05) is 15.9 Å². The van der Waals surface area contributed by atoms with Crippen molar-refractivity contribution in [3.8, 4) is 0 Å². The Morgan fingerprint density at radius 3 is 2.50 bits per heavy atom. The predicted octanol–water partition coefficient (Wildman–Crippen LogP) is 2.90. The van der Waals surface area contributed by atoms with Gasteiger partial charge in [0, 0.05) is 30.0 Å². The van der Waals surface area contributed by atoms with E-state index in [9.17, 15) is 13.2 Å². The topological polar surface area (TPSA) is 75.7 Å². The number of hydrogen-bond acceptors (Lipinski definition) is 4. The van der Waals surface area contributed by atoms with Crippen LogP contribution in [0.15, 0.2) is 27.6 Å². The van der Waals surface area contributed by atoms with E-state index in [1.165, 1.54) is 0 Å². The van der Waals surface area contributed by atoms with E-state index in [0.717, 1.165) is 10.0 Å². The molecule has 1 aromatic rings. The maximum atomic E-state index is 12.3. The molecule has 0 aromatic heterocycles. The van der Waals surface area contributed by atoms with Crippen LogP contribution in [-0.2, 0) is 14.8 Å². The number of benzene rings is 1. The van der Waals surface area contributed by atoms with Crippen LogP contribution >= 0.6 is 15.9 Å². The number of amides is 1. The van der Waals surface area contributed by atoms with Gasteiger partial charge in [-0.25, -0.2) is 17.9 Å². The first-order valence-corrected chi connectivity index (χ1v) is 9.99. The fourth-order valence-corrected chi connectivity index (χ4v) is 4.35. The molecule has 1 aliphatic heterocycles. The molecule has 24 heavy (non-hydrogen) atoms. The highest BCUT2D eigenvalue weighted by Crippen LogP contribution is 2.21. The van der Waals surface area contributed by atoms with Gasteiger partial charge in [-0.2, -0.15) is 0 Å². The summed E-state index contributed by atoms with van der Waals surface area (Å²) in [6.07, 6.45) is -0.357. The number of rotatable bonds is 4. The van der Waals surface area contributed by atoms with Crippen molar-refractivity contribution in [2.24, 2.45) is 5.92 Å². The Morgan fingerprint density at radius 2 is 1.96 bits per heavy atom. The molecule has 1 N–H and O–H groups in total. The Balaban J connectivity index is 1.86. The maximum Gasteiger partial charge on any atom is 0.410 e. The fourth-order valence-electron chi connectivity index (χ4n) is 2.34. The van der Waals surface area contributed by atoms with Gasteiger partial charge in [0.25, 0.3) is 0 Å². The smallest absolute Gasteiger partial charge is 0.410 e. The monoisotopic (exact) mass is 418 g/mol. The molecule has 6 nitrogen and oxygen atoms in total. The van der Waals surface area contributed by atoms with Crippen LogP contribution in [0.5, 0.6) is 0 Å². The van der Waals surface area contributed by atoms with Gasteiger partial charge in [-0.05, 0) is 51.5 Å². The van der Waals surface area contributed by atoms with Crippen molar-refractivity contribution in [1.29, 1.82) is 0 Å². The molecule has 0 saturated carbocycles. The van der Waals surface area contributed by atoms with E-state index >= 15 is 0 Å². The highest BCUT2D eigenvalue weighted by atomic mass is 79.9. The number of nitrogens with one attached hydrogen (secondary N) is 1. The highest BCUT2D eigenvalue weighted by molar-refractivity contribution is 9.10. The number of hydrogen-bond donors (Lipinski definition) is 1. The summed E-state index contributed by atoms with van der Waals surface area (Å²) in [5.41, 5.74) is 0.340. The second-order valence-electron chi connectivity index (χ2n) is 7.07. The summed E-state index contributed by atoms with van der Waals surface area (Å²) in [5.74, 6) is 0.0977. The average Bonchev–Trinajstić information content (AvgIpc) is 2.33. The lowest BCUT2D eigenvalue weighted by molar-refractivity contribution is -0.0000768. The molecule has 8 heteroatoms. The van der Waals surface area contributed by atoms with E-state index in [0.29, 0.717) is 19.6 Å². The molecular formula is C16H23BrN2O4S. The van der Waals surface area contributed by atoms with E-state index in [2.05, 4.69) is 20.7 Å². The van der Waals surface area contributed by atoms with Crippen LogP contribution in [0, 0.1) is 12.8 Å². The number of aryl methyl sites for hydroxylation is 1. The minimum absolute atomic E-state index is 0.0977. The van der Waals surface area contributed by atoms with Gasteiger partial charge in [0.1, 0.15) is 5.60 Å². The number of halogens is 1. The Kier molecular flexibility index (Phi) is 5.61. The minimum Gasteiger partial charge on any atom is -0.444 e. The third-order valence-corrected chi connectivity index (χ3v) is 5.36. The lowest BCUT2D eigenvalue weighted by Crippen LogP contribution is -2.54. The molecule has 134 valence electrons. The van der Waals surface area contributed by atoms with Crippen LogP contribution in [0.3, 0.4) is 0 Å². The number of sulfonamides is 1. The van der Waals surface area contributed by atoms with Crippen molar-refractivity contribution in [1.82, 2.24) is 9.62 Å². The first kappa shape index (κ1) is 19.2. The van der Waals surface area contributed by atoms with Crippen molar-refractivity contribution < 1.29 is 17.9 Å². The van der Waals surface area contributed by atoms with Crippen LogP contribution in [0.1, 0.15) is 26.3 Å². The Labute approximate surface area is 151 Å². The lowest BCUT2D eigenvalue weighted by Gasteiger charge is -2.39.